The number of carbonyl (C=O) groups excluding carboxylic acids is 1. The minimum Gasteiger partial charge on any atom is -0.353 e. The molecule has 2 aromatic carbocycles. The van der Waals surface area contributed by atoms with Crippen LogP contribution in [0.15, 0.2) is 60.9 Å². The number of halogens is 2. The highest BCUT2D eigenvalue weighted by Crippen LogP contribution is 2.28. The van der Waals surface area contributed by atoms with Crippen LogP contribution in [0.1, 0.15) is 21.5 Å². The molecule has 132 valence electrons. The van der Waals surface area contributed by atoms with Crippen molar-refractivity contribution in [2.75, 3.05) is 5.32 Å². The van der Waals surface area contributed by atoms with Gasteiger partial charge in [-0.1, -0.05) is 47.5 Å². The number of rotatable bonds is 5. The lowest BCUT2D eigenvalue weighted by Gasteiger charge is -2.11. The normalized spacial score (nSPS) is 10.4. The van der Waals surface area contributed by atoms with Crippen molar-refractivity contribution in [2.24, 2.45) is 0 Å². The first-order chi connectivity index (χ1) is 12.5. The predicted molar refractivity (Wildman–Crippen MR) is 106 cm³/mol. The van der Waals surface area contributed by atoms with Crippen molar-refractivity contribution in [1.82, 2.24) is 10.3 Å². The molecule has 6 heteroatoms. The van der Waals surface area contributed by atoms with Gasteiger partial charge in [0.05, 0.1) is 28.2 Å². The van der Waals surface area contributed by atoms with Crippen LogP contribution in [-0.2, 0) is 6.54 Å². The van der Waals surface area contributed by atoms with Crippen molar-refractivity contribution in [1.29, 1.82) is 0 Å². The number of nitrogens with zero attached hydrogens (tertiary/aromatic N) is 1. The lowest BCUT2D eigenvalue weighted by molar-refractivity contribution is 0.0950. The number of hydrogen-bond donors (Lipinski definition) is 2. The second-order valence-electron chi connectivity index (χ2n) is 5.82. The zero-order valence-electron chi connectivity index (χ0n) is 14.1. The van der Waals surface area contributed by atoms with Gasteiger partial charge < -0.3 is 10.6 Å². The quantitative estimate of drug-likeness (QED) is 0.620. The molecule has 0 fully saturated rings. The third kappa shape index (κ3) is 4.54. The van der Waals surface area contributed by atoms with Gasteiger partial charge in [0.1, 0.15) is 0 Å². The Bertz CT molecular complexity index is 944. The highest BCUT2D eigenvalue weighted by Gasteiger charge is 2.09. The summed E-state index contributed by atoms with van der Waals surface area (Å²) in [5.74, 6) is -0.193. The van der Waals surface area contributed by atoms with Crippen molar-refractivity contribution in [3.63, 3.8) is 0 Å². The Kier molecular flexibility index (Phi) is 5.76. The summed E-state index contributed by atoms with van der Waals surface area (Å²) < 4.78 is 0. The average Bonchev–Trinajstić information content (AvgIpc) is 2.64. The Morgan fingerprint density at radius 2 is 1.88 bits per heavy atom. The van der Waals surface area contributed by atoms with E-state index in [-0.39, 0.29) is 5.91 Å². The van der Waals surface area contributed by atoms with E-state index in [0.29, 0.717) is 33.5 Å². The van der Waals surface area contributed by atoms with Crippen LogP contribution in [0, 0.1) is 6.92 Å². The summed E-state index contributed by atoms with van der Waals surface area (Å²) in [5, 5.41) is 7.14. The molecule has 2 N–H and O–H groups in total. The van der Waals surface area contributed by atoms with Gasteiger partial charge >= 0.3 is 0 Å². The van der Waals surface area contributed by atoms with Gasteiger partial charge in [0, 0.05) is 17.8 Å². The van der Waals surface area contributed by atoms with Gasteiger partial charge in [-0.15, -0.1) is 0 Å². The van der Waals surface area contributed by atoms with E-state index in [1.807, 2.05) is 31.2 Å². The largest absolute Gasteiger partial charge is 0.353 e. The van der Waals surface area contributed by atoms with Crippen LogP contribution in [0.4, 0.5) is 11.4 Å². The lowest BCUT2D eigenvalue weighted by atomic mass is 10.1. The second kappa shape index (κ2) is 8.21. The van der Waals surface area contributed by atoms with Crippen LogP contribution in [0.25, 0.3) is 0 Å². The van der Waals surface area contributed by atoms with Crippen molar-refractivity contribution < 1.29 is 4.79 Å². The summed E-state index contributed by atoms with van der Waals surface area (Å²) in [6.45, 7) is 2.48. The molecule has 0 atom stereocenters. The van der Waals surface area contributed by atoms with Gasteiger partial charge in [-0.2, -0.15) is 0 Å². The molecule has 0 aliphatic carbocycles. The smallest absolute Gasteiger partial charge is 0.253 e. The van der Waals surface area contributed by atoms with Gasteiger partial charge in [-0.25, -0.2) is 0 Å². The van der Waals surface area contributed by atoms with E-state index in [2.05, 4.69) is 15.6 Å². The molecule has 0 spiro atoms. The number of hydrogen-bond acceptors (Lipinski definition) is 3. The van der Waals surface area contributed by atoms with Gasteiger partial charge in [-0.3, -0.25) is 9.78 Å². The number of aryl methyl sites for hydroxylation is 1. The molecule has 0 radical (unpaired) electrons. The molecular formula is C20H17Cl2N3O. The lowest BCUT2D eigenvalue weighted by Crippen LogP contribution is -2.23. The molecule has 0 aliphatic heterocycles. The molecule has 0 saturated heterocycles. The van der Waals surface area contributed by atoms with Crippen LogP contribution in [-0.4, -0.2) is 10.9 Å². The maximum atomic E-state index is 12.4. The first-order valence-electron chi connectivity index (χ1n) is 8.03. The van der Waals surface area contributed by atoms with E-state index < -0.39 is 0 Å². The second-order valence-corrected chi connectivity index (χ2v) is 6.66. The molecule has 1 aromatic heterocycles. The fraction of sp³-hybridized carbons (Fsp3) is 0.100. The maximum absolute atomic E-state index is 12.4. The zero-order chi connectivity index (χ0) is 18.5. The van der Waals surface area contributed by atoms with Crippen LogP contribution in [0.3, 0.4) is 0 Å². The Balaban J connectivity index is 1.71. The monoisotopic (exact) mass is 385 g/mol. The van der Waals surface area contributed by atoms with Gasteiger partial charge in [0.25, 0.3) is 5.91 Å². The van der Waals surface area contributed by atoms with E-state index in [1.165, 1.54) is 6.20 Å². The SMILES string of the molecule is Cc1ccccc1CNC(=O)c1cncc(Nc2cc(Cl)ccc2Cl)c1. The molecule has 1 amide bonds. The predicted octanol–water partition coefficient (Wildman–Crippen LogP) is 5.37. The minimum atomic E-state index is -0.193. The summed E-state index contributed by atoms with van der Waals surface area (Å²) in [4.78, 5) is 16.6. The molecule has 0 aliphatic rings. The number of carbonyl (C=O) groups is 1. The summed E-state index contributed by atoms with van der Waals surface area (Å²) in [7, 11) is 0. The topological polar surface area (TPSA) is 54.0 Å². The van der Waals surface area contributed by atoms with Crippen LogP contribution in [0.5, 0.6) is 0 Å². The maximum Gasteiger partial charge on any atom is 0.253 e. The Morgan fingerprint density at radius 3 is 2.69 bits per heavy atom. The third-order valence-electron chi connectivity index (χ3n) is 3.91. The minimum absolute atomic E-state index is 0.193. The Morgan fingerprint density at radius 1 is 1.08 bits per heavy atom. The molecule has 4 nitrogen and oxygen atoms in total. The standard InChI is InChI=1S/C20H17Cl2N3O/c1-13-4-2-3-5-14(13)11-24-20(26)15-8-17(12-23-10-15)25-19-9-16(21)6-7-18(19)22/h2-10,12,25H,11H2,1H3,(H,24,26). The van der Waals surface area contributed by atoms with E-state index in [9.17, 15) is 4.79 Å². The number of nitrogens with one attached hydrogen (secondary N) is 2. The molecule has 0 bridgehead atoms. The fourth-order valence-electron chi connectivity index (χ4n) is 2.47. The first kappa shape index (κ1) is 18.2. The van der Waals surface area contributed by atoms with Crippen LogP contribution < -0.4 is 10.6 Å². The van der Waals surface area contributed by atoms with Crippen molar-refractivity contribution in [2.45, 2.75) is 13.5 Å². The Hall–Kier alpha value is -2.56. The van der Waals surface area contributed by atoms with Crippen molar-refractivity contribution in [3.8, 4) is 0 Å². The first-order valence-corrected chi connectivity index (χ1v) is 8.78. The van der Waals surface area contributed by atoms with Gasteiger partial charge in [0.15, 0.2) is 0 Å². The molecular weight excluding hydrogens is 369 g/mol. The van der Waals surface area contributed by atoms with E-state index in [0.717, 1.165) is 11.1 Å². The van der Waals surface area contributed by atoms with E-state index >= 15 is 0 Å². The van der Waals surface area contributed by atoms with E-state index in [1.54, 1.807) is 30.5 Å². The average molecular weight is 386 g/mol. The molecule has 0 unspecified atom stereocenters. The third-order valence-corrected chi connectivity index (χ3v) is 4.47. The number of aromatic nitrogens is 1. The van der Waals surface area contributed by atoms with Gasteiger partial charge in [-0.05, 0) is 42.3 Å². The summed E-state index contributed by atoms with van der Waals surface area (Å²) in [6, 6.07) is 14.8. The number of amides is 1. The van der Waals surface area contributed by atoms with Crippen LogP contribution >= 0.6 is 23.2 Å². The summed E-state index contributed by atoms with van der Waals surface area (Å²) in [5.41, 5.74) is 3.98. The zero-order valence-corrected chi connectivity index (χ0v) is 15.6. The van der Waals surface area contributed by atoms with Crippen molar-refractivity contribution >= 4 is 40.5 Å². The molecule has 26 heavy (non-hydrogen) atoms. The van der Waals surface area contributed by atoms with Gasteiger partial charge in [0.2, 0.25) is 0 Å². The van der Waals surface area contributed by atoms with Crippen LogP contribution in [0.2, 0.25) is 10.0 Å². The number of pyridine rings is 1. The molecule has 1 heterocycles. The highest BCUT2D eigenvalue weighted by molar-refractivity contribution is 6.35. The molecule has 0 saturated carbocycles. The summed E-state index contributed by atoms with van der Waals surface area (Å²) in [6.07, 6.45) is 3.15. The van der Waals surface area contributed by atoms with Crippen molar-refractivity contribution in [3.05, 3.63) is 87.7 Å². The number of benzene rings is 2. The fourth-order valence-corrected chi connectivity index (χ4v) is 2.80. The summed E-state index contributed by atoms with van der Waals surface area (Å²) >= 11 is 12.2. The molecule has 3 aromatic rings. The molecule has 3 rings (SSSR count). The number of anilines is 2. The Labute approximate surface area is 162 Å². The van der Waals surface area contributed by atoms with E-state index in [4.69, 9.17) is 23.2 Å². The highest BCUT2D eigenvalue weighted by atomic mass is 35.5.